The van der Waals surface area contributed by atoms with Crippen LogP contribution >= 0.6 is 0 Å². The third kappa shape index (κ3) is 2.72. The Kier molecular flexibility index (Phi) is 3.57. The highest BCUT2D eigenvalue weighted by molar-refractivity contribution is 5.67. The lowest BCUT2D eigenvalue weighted by molar-refractivity contribution is 0.0843. The van der Waals surface area contributed by atoms with E-state index in [1.165, 1.54) is 16.8 Å². The molecular weight excluding hydrogens is 212 g/mol. The lowest BCUT2D eigenvalue weighted by Gasteiger charge is -2.20. The van der Waals surface area contributed by atoms with Gasteiger partial charge in [-0.3, -0.25) is 0 Å². The fourth-order valence-electron chi connectivity index (χ4n) is 2.27. The third-order valence-electron chi connectivity index (χ3n) is 3.27. The number of rotatable bonds is 4. The van der Waals surface area contributed by atoms with Crippen LogP contribution in [0.4, 0.5) is 11.4 Å². The summed E-state index contributed by atoms with van der Waals surface area (Å²) in [4.78, 5) is 2.37. The molecule has 1 aliphatic rings. The van der Waals surface area contributed by atoms with Crippen molar-refractivity contribution in [1.29, 1.82) is 0 Å². The molecule has 0 radical (unpaired) electrons. The summed E-state index contributed by atoms with van der Waals surface area (Å²) in [6.45, 7) is 9.02. The third-order valence-corrected chi connectivity index (χ3v) is 3.27. The molecule has 94 valence electrons. The monoisotopic (exact) mass is 234 g/mol. The molecule has 0 unspecified atom stereocenters. The molecule has 1 aliphatic heterocycles. The van der Waals surface area contributed by atoms with Crippen molar-refractivity contribution in [3.63, 3.8) is 0 Å². The lowest BCUT2D eigenvalue weighted by atomic mass is 10.1. The second kappa shape index (κ2) is 4.96. The average molecular weight is 234 g/mol. The lowest BCUT2D eigenvalue weighted by Crippen LogP contribution is -2.26. The molecule has 0 atom stereocenters. The maximum atomic E-state index is 5.97. The van der Waals surface area contributed by atoms with E-state index in [1.807, 2.05) is 0 Å². The van der Waals surface area contributed by atoms with Crippen molar-refractivity contribution in [2.45, 2.75) is 33.3 Å². The minimum Gasteiger partial charge on any atom is -0.398 e. The van der Waals surface area contributed by atoms with Crippen molar-refractivity contribution >= 4 is 11.4 Å². The minimum atomic E-state index is 0.306. The predicted molar refractivity (Wildman–Crippen MR) is 72.6 cm³/mol. The van der Waals surface area contributed by atoms with Crippen molar-refractivity contribution in [3.05, 3.63) is 23.3 Å². The Morgan fingerprint density at radius 1 is 1.41 bits per heavy atom. The molecule has 0 bridgehead atoms. The fraction of sp³-hybridized carbons (Fsp3) is 0.571. The van der Waals surface area contributed by atoms with Gasteiger partial charge in [0.25, 0.3) is 0 Å². The number of ether oxygens (including phenoxy) is 1. The molecule has 0 saturated carbocycles. The van der Waals surface area contributed by atoms with Gasteiger partial charge in [0.2, 0.25) is 0 Å². The number of nitrogen functional groups attached to an aromatic ring is 1. The molecule has 0 amide bonds. The number of fused-ring (bicyclic) bond motifs is 1. The zero-order valence-corrected chi connectivity index (χ0v) is 11.0. The first kappa shape index (κ1) is 12.2. The highest BCUT2D eigenvalue weighted by Gasteiger charge is 2.19. The maximum absolute atomic E-state index is 5.97. The summed E-state index contributed by atoms with van der Waals surface area (Å²) >= 11 is 0. The van der Waals surface area contributed by atoms with Crippen molar-refractivity contribution in [2.75, 3.05) is 30.3 Å². The van der Waals surface area contributed by atoms with Crippen LogP contribution in [0.25, 0.3) is 0 Å². The van der Waals surface area contributed by atoms with E-state index in [2.05, 4.69) is 37.8 Å². The van der Waals surface area contributed by atoms with E-state index < -0.39 is 0 Å². The molecule has 3 heteroatoms. The number of benzene rings is 1. The molecule has 1 aromatic rings. The number of nitrogens with two attached hydrogens (primary N) is 1. The molecule has 0 aromatic heterocycles. The van der Waals surface area contributed by atoms with E-state index in [0.29, 0.717) is 6.10 Å². The number of aryl methyl sites for hydroxylation is 1. The van der Waals surface area contributed by atoms with E-state index >= 15 is 0 Å². The van der Waals surface area contributed by atoms with Gasteiger partial charge in [-0.2, -0.15) is 0 Å². The molecule has 0 aliphatic carbocycles. The molecule has 1 heterocycles. The molecular formula is C14H22N2O. The first-order chi connectivity index (χ1) is 8.08. The normalized spacial score (nSPS) is 14.5. The van der Waals surface area contributed by atoms with Gasteiger partial charge >= 0.3 is 0 Å². The molecule has 0 spiro atoms. The van der Waals surface area contributed by atoms with Crippen molar-refractivity contribution in [3.8, 4) is 0 Å². The van der Waals surface area contributed by atoms with Crippen LogP contribution in [-0.4, -0.2) is 25.8 Å². The van der Waals surface area contributed by atoms with Gasteiger partial charge in [-0.15, -0.1) is 0 Å². The number of hydrogen-bond donors (Lipinski definition) is 1. The van der Waals surface area contributed by atoms with Crippen LogP contribution in [0.1, 0.15) is 25.0 Å². The van der Waals surface area contributed by atoms with Crippen LogP contribution in [-0.2, 0) is 11.2 Å². The fourth-order valence-corrected chi connectivity index (χ4v) is 2.27. The molecule has 2 N–H and O–H groups in total. The van der Waals surface area contributed by atoms with Gasteiger partial charge in [-0.05, 0) is 44.4 Å². The standard InChI is InChI=1S/C14H22N2O/c1-10(2)17-7-6-16-5-4-12-8-11(3)13(15)9-14(12)16/h8-10H,4-7,15H2,1-3H3. The Bertz CT molecular complexity index is 401. The van der Waals surface area contributed by atoms with Crippen LogP contribution in [0.5, 0.6) is 0 Å². The summed E-state index contributed by atoms with van der Waals surface area (Å²) in [6.07, 6.45) is 1.43. The zero-order chi connectivity index (χ0) is 12.4. The summed E-state index contributed by atoms with van der Waals surface area (Å²) in [6, 6.07) is 4.32. The summed E-state index contributed by atoms with van der Waals surface area (Å²) in [5.41, 5.74) is 10.8. The molecule has 0 saturated heterocycles. The maximum Gasteiger partial charge on any atom is 0.0645 e. The topological polar surface area (TPSA) is 38.5 Å². The Morgan fingerprint density at radius 3 is 2.88 bits per heavy atom. The number of hydrogen-bond acceptors (Lipinski definition) is 3. The SMILES string of the molecule is Cc1cc2c(cc1N)N(CCOC(C)C)CC2. The molecule has 3 nitrogen and oxygen atoms in total. The second-order valence-corrected chi connectivity index (χ2v) is 4.99. The molecule has 0 fully saturated rings. The number of anilines is 2. The minimum absolute atomic E-state index is 0.306. The van der Waals surface area contributed by atoms with E-state index in [4.69, 9.17) is 10.5 Å². The van der Waals surface area contributed by atoms with Crippen molar-refractivity contribution < 1.29 is 4.74 Å². The first-order valence-corrected chi connectivity index (χ1v) is 6.33. The highest BCUT2D eigenvalue weighted by Crippen LogP contribution is 2.31. The largest absolute Gasteiger partial charge is 0.398 e. The average Bonchev–Trinajstić information content (AvgIpc) is 2.62. The van der Waals surface area contributed by atoms with Crippen LogP contribution in [0, 0.1) is 6.92 Å². The molecule has 2 rings (SSSR count). The number of nitrogens with zero attached hydrogens (tertiary/aromatic N) is 1. The summed E-state index contributed by atoms with van der Waals surface area (Å²) in [5.74, 6) is 0. The van der Waals surface area contributed by atoms with Gasteiger partial charge in [-0.1, -0.05) is 6.07 Å². The summed E-state index contributed by atoms with van der Waals surface area (Å²) < 4.78 is 5.60. The van der Waals surface area contributed by atoms with Crippen LogP contribution in [0.3, 0.4) is 0 Å². The van der Waals surface area contributed by atoms with Gasteiger partial charge in [0.05, 0.1) is 12.7 Å². The van der Waals surface area contributed by atoms with E-state index in [-0.39, 0.29) is 0 Å². The van der Waals surface area contributed by atoms with Gasteiger partial charge in [0.15, 0.2) is 0 Å². The smallest absolute Gasteiger partial charge is 0.0645 e. The quantitative estimate of drug-likeness (QED) is 0.813. The van der Waals surface area contributed by atoms with E-state index in [0.717, 1.165) is 31.8 Å². The highest BCUT2D eigenvalue weighted by atomic mass is 16.5. The van der Waals surface area contributed by atoms with Crippen LogP contribution in [0.15, 0.2) is 12.1 Å². The zero-order valence-electron chi connectivity index (χ0n) is 11.0. The Morgan fingerprint density at radius 2 is 2.18 bits per heavy atom. The van der Waals surface area contributed by atoms with Gasteiger partial charge < -0.3 is 15.4 Å². The van der Waals surface area contributed by atoms with Gasteiger partial charge in [0.1, 0.15) is 0 Å². The molecule has 17 heavy (non-hydrogen) atoms. The van der Waals surface area contributed by atoms with Crippen molar-refractivity contribution in [1.82, 2.24) is 0 Å². The van der Waals surface area contributed by atoms with E-state index in [9.17, 15) is 0 Å². The molecule has 1 aromatic carbocycles. The first-order valence-electron chi connectivity index (χ1n) is 6.33. The second-order valence-electron chi connectivity index (χ2n) is 4.99. The van der Waals surface area contributed by atoms with E-state index in [1.54, 1.807) is 0 Å². The Balaban J connectivity index is 2.03. The van der Waals surface area contributed by atoms with Gasteiger partial charge in [-0.25, -0.2) is 0 Å². The van der Waals surface area contributed by atoms with Crippen LogP contribution in [0.2, 0.25) is 0 Å². The Labute approximate surface area is 104 Å². The predicted octanol–water partition coefficient (Wildman–Crippen LogP) is 2.36. The van der Waals surface area contributed by atoms with Crippen molar-refractivity contribution in [2.24, 2.45) is 0 Å². The summed E-state index contributed by atoms with van der Waals surface area (Å²) in [7, 11) is 0. The summed E-state index contributed by atoms with van der Waals surface area (Å²) in [5, 5.41) is 0. The Hall–Kier alpha value is -1.22. The van der Waals surface area contributed by atoms with Crippen LogP contribution < -0.4 is 10.6 Å². The van der Waals surface area contributed by atoms with Gasteiger partial charge in [0, 0.05) is 24.5 Å².